The van der Waals surface area contributed by atoms with E-state index in [1.807, 2.05) is 6.08 Å². The quantitative estimate of drug-likeness (QED) is 0.257. The number of carbonyl (C=O) groups is 1. The third kappa shape index (κ3) is 5.83. The van der Waals surface area contributed by atoms with Gasteiger partial charge < -0.3 is 14.4 Å². The van der Waals surface area contributed by atoms with Crippen molar-refractivity contribution < 1.29 is 32.3 Å². The summed E-state index contributed by atoms with van der Waals surface area (Å²) in [4.78, 5) is 15.0. The second kappa shape index (κ2) is 11.0. The molecule has 7 rings (SSSR count). The Bertz CT molecular complexity index is 1500. The van der Waals surface area contributed by atoms with Crippen molar-refractivity contribution in [1.82, 2.24) is 10.1 Å². The number of pyridine rings is 1. The second-order valence-corrected chi connectivity index (χ2v) is 12.6. The first kappa shape index (κ1) is 29.2. The number of aliphatic carboxylic acids is 1. The van der Waals surface area contributed by atoms with E-state index in [0.717, 1.165) is 68.8 Å². The number of halogens is 5. The Morgan fingerprint density at radius 2 is 1.76 bits per heavy atom. The highest BCUT2D eigenvalue weighted by Gasteiger charge is 2.48. The summed E-state index contributed by atoms with van der Waals surface area (Å²) in [7, 11) is 0. The van der Waals surface area contributed by atoms with Gasteiger partial charge in [0.15, 0.2) is 0 Å². The molecule has 4 aliphatic rings. The summed E-state index contributed by atoms with van der Waals surface area (Å²) in [5, 5.41) is 14.1. The molecule has 6 nitrogen and oxygen atoms in total. The van der Waals surface area contributed by atoms with E-state index < -0.39 is 24.1 Å². The number of aromatic nitrogens is 2. The van der Waals surface area contributed by atoms with Crippen molar-refractivity contribution in [3.05, 3.63) is 74.7 Å². The first-order valence-corrected chi connectivity index (χ1v) is 14.8. The highest BCUT2D eigenvalue weighted by molar-refractivity contribution is 6.38. The molecule has 0 spiro atoms. The first-order chi connectivity index (χ1) is 20.0. The van der Waals surface area contributed by atoms with E-state index in [1.165, 1.54) is 24.5 Å². The van der Waals surface area contributed by atoms with Crippen molar-refractivity contribution in [1.29, 1.82) is 0 Å². The van der Waals surface area contributed by atoms with Crippen LogP contribution in [0.25, 0.3) is 17.3 Å². The predicted molar refractivity (Wildman–Crippen MR) is 151 cm³/mol. The van der Waals surface area contributed by atoms with Crippen LogP contribution in [0.5, 0.6) is 0 Å². The van der Waals surface area contributed by atoms with Gasteiger partial charge in [-0.05, 0) is 74.0 Å². The van der Waals surface area contributed by atoms with E-state index >= 15 is 0 Å². The lowest BCUT2D eigenvalue weighted by molar-refractivity contribution is -0.139. The Labute approximate surface area is 250 Å². The van der Waals surface area contributed by atoms with Crippen LogP contribution in [0.4, 0.5) is 13.2 Å². The average molecular weight is 621 g/mol. The fourth-order valence-corrected chi connectivity index (χ4v) is 6.92. The number of carboxylic acids is 1. The Morgan fingerprint density at radius 3 is 2.36 bits per heavy atom. The molecule has 3 aromatic rings. The minimum atomic E-state index is -4.58. The molecular formula is C31H29Cl2F3N2O4. The summed E-state index contributed by atoms with van der Waals surface area (Å²) in [5.41, 5.74) is 0.830. The Morgan fingerprint density at radius 1 is 1.10 bits per heavy atom. The number of alkyl halides is 3. The van der Waals surface area contributed by atoms with Crippen LogP contribution in [0, 0.1) is 5.41 Å². The number of rotatable bonds is 9. The molecule has 2 bridgehead atoms. The maximum absolute atomic E-state index is 13.8. The first-order valence-electron chi connectivity index (χ1n) is 14.0. The molecule has 2 heterocycles. The zero-order chi connectivity index (χ0) is 29.7. The summed E-state index contributed by atoms with van der Waals surface area (Å²) in [6.07, 6.45) is 8.31. The molecule has 0 unspecified atom stereocenters. The van der Waals surface area contributed by atoms with Crippen molar-refractivity contribution in [2.75, 3.05) is 0 Å². The molecule has 0 atom stereocenters. The standard InChI is InChI=1S/C31H29Cl2F3N2O4/c32-23-15-37-16-24(33)26(23)27-21(28(42-38-27)20-3-4-20)17-41-30-10-7-29(8-11-30,9-12-30)6-5-19-2-1-18(14-25(39)40)13-22(19)31(34,35)36/h1-2,5-6,13,15-16,20H,3-4,7-12,14,17H2,(H,39,40). The van der Waals surface area contributed by atoms with Gasteiger partial charge in [-0.3, -0.25) is 9.78 Å². The highest BCUT2D eigenvalue weighted by atomic mass is 35.5. The van der Waals surface area contributed by atoms with E-state index in [4.69, 9.17) is 37.6 Å². The Kier molecular flexibility index (Phi) is 7.64. The lowest BCUT2D eigenvalue weighted by Crippen LogP contribution is -2.46. The molecule has 4 fully saturated rings. The van der Waals surface area contributed by atoms with Gasteiger partial charge in [0.25, 0.3) is 0 Å². The normalized spacial score (nSPS) is 24.0. The molecule has 0 aliphatic heterocycles. The van der Waals surface area contributed by atoms with E-state index in [2.05, 4.69) is 10.1 Å². The molecule has 222 valence electrons. The lowest BCUT2D eigenvalue weighted by Gasteiger charge is -2.52. The van der Waals surface area contributed by atoms with Crippen molar-refractivity contribution in [2.45, 2.75) is 82.1 Å². The summed E-state index contributed by atoms with van der Waals surface area (Å²) in [6.45, 7) is 0.306. The van der Waals surface area contributed by atoms with Crippen LogP contribution >= 0.6 is 23.2 Å². The molecule has 0 amide bonds. The van der Waals surface area contributed by atoms with E-state index in [-0.39, 0.29) is 22.1 Å². The number of allylic oxidation sites excluding steroid dienone is 1. The van der Waals surface area contributed by atoms with Crippen LogP contribution in [-0.4, -0.2) is 26.8 Å². The largest absolute Gasteiger partial charge is 0.481 e. The van der Waals surface area contributed by atoms with Crippen molar-refractivity contribution in [3.8, 4) is 11.3 Å². The van der Waals surface area contributed by atoms with Crippen LogP contribution in [0.3, 0.4) is 0 Å². The Balaban J connectivity index is 1.17. The molecular weight excluding hydrogens is 592 g/mol. The van der Waals surface area contributed by atoms with Gasteiger partial charge in [-0.25, -0.2) is 0 Å². The molecule has 42 heavy (non-hydrogen) atoms. The van der Waals surface area contributed by atoms with Crippen LogP contribution in [-0.2, 0) is 28.7 Å². The number of benzene rings is 1. The number of ether oxygens (including phenoxy) is 1. The Hall–Kier alpha value is -2.88. The molecule has 4 saturated carbocycles. The van der Waals surface area contributed by atoms with Gasteiger partial charge in [-0.1, -0.05) is 52.6 Å². The molecule has 11 heteroatoms. The molecule has 2 aromatic heterocycles. The van der Waals surface area contributed by atoms with Crippen LogP contribution in [0.1, 0.15) is 85.3 Å². The van der Waals surface area contributed by atoms with Crippen LogP contribution in [0.15, 0.2) is 41.2 Å². The molecule has 1 N–H and O–H groups in total. The van der Waals surface area contributed by atoms with E-state index in [0.29, 0.717) is 33.8 Å². The van der Waals surface area contributed by atoms with E-state index in [9.17, 15) is 18.0 Å². The predicted octanol–water partition coefficient (Wildman–Crippen LogP) is 8.89. The molecule has 1 aromatic carbocycles. The van der Waals surface area contributed by atoms with Gasteiger partial charge in [0.2, 0.25) is 0 Å². The number of hydrogen-bond acceptors (Lipinski definition) is 5. The smallest absolute Gasteiger partial charge is 0.416 e. The number of carboxylic acid groups (broad SMARTS) is 1. The maximum Gasteiger partial charge on any atom is 0.416 e. The summed E-state index contributed by atoms with van der Waals surface area (Å²) >= 11 is 12.9. The third-order valence-corrected chi connectivity index (χ3v) is 9.58. The van der Waals surface area contributed by atoms with E-state index in [1.54, 1.807) is 6.08 Å². The summed E-state index contributed by atoms with van der Waals surface area (Å²) in [5.74, 6) is -0.0597. The van der Waals surface area contributed by atoms with Crippen molar-refractivity contribution in [3.63, 3.8) is 0 Å². The third-order valence-electron chi connectivity index (χ3n) is 9.01. The summed E-state index contributed by atoms with van der Waals surface area (Å²) in [6, 6.07) is 3.75. The summed E-state index contributed by atoms with van der Waals surface area (Å²) < 4.78 is 53.8. The highest BCUT2D eigenvalue weighted by Crippen LogP contribution is 2.56. The topological polar surface area (TPSA) is 85.5 Å². The molecule has 0 saturated heterocycles. The van der Waals surface area contributed by atoms with Gasteiger partial charge in [0.05, 0.1) is 34.2 Å². The van der Waals surface area contributed by atoms with Gasteiger partial charge in [0, 0.05) is 29.4 Å². The van der Waals surface area contributed by atoms with Crippen LogP contribution in [0.2, 0.25) is 10.0 Å². The average Bonchev–Trinajstić information content (AvgIpc) is 3.71. The zero-order valence-corrected chi connectivity index (χ0v) is 24.2. The molecule has 4 aliphatic carbocycles. The number of nitrogens with zero attached hydrogens (tertiary/aromatic N) is 2. The number of fused-ring (bicyclic) bond motifs is 3. The minimum Gasteiger partial charge on any atom is -0.481 e. The monoisotopic (exact) mass is 620 g/mol. The zero-order valence-electron chi connectivity index (χ0n) is 22.6. The van der Waals surface area contributed by atoms with Crippen LogP contribution < -0.4 is 0 Å². The maximum atomic E-state index is 13.8. The van der Waals surface area contributed by atoms with Gasteiger partial charge >= 0.3 is 12.1 Å². The van der Waals surface area contributed by atoms with Crippen molar-refractivity contribution >= 4 is 35.2 Å². The SMILES string of the molecule is O=C(O)Cc1ccc(C=CC23CCC(OCc4c(-c5c(Cl)cncc5Cl)noc4C4CC4)(CC2)CC3)c(C(F)(F)F)c1. The van der Waals surface area contributed by atoms with Gasteiger partial charge in [-0.15, -0.1) is 0 Å². The van der Waals surface area contributed by atoms with Gasteiger partial charge in [0.1, 0.15) is 11.5 Å². The lowest BCUT2D eigenvalue weighted by atomic mass is 9.58. The minimum absolute atomic E-state index is 0.0469. The fourth-order valence-electron chi connectivity index (χ4n) is 6.38. The molecule has 0 radical (unpaired) electrons. The van der Waals surface area contributed by atoms with Crippen molar-refractivity contribution in [2.24, 2.45) is 5.41 Å². The number of hydrogen-bond donors (Lipinski definition) is 1. The second-order valence-electron chi connectivity index (χ2n) is 11.8. The fraction of sp³-hybridized carbons (Fsp3) is 0.452. The van der Waals surface area contributed by atoms with Gasteiger partial charge in [-0.2, -0.15) is 13.2 Å².